The van der Waals surface area contributed by atoms with Crippen LogP contribution in [-0.2, 0) is 24.4 Å². The summed E-state index contributed by atoms with van der Waals surface area (Å²) in [5.41, 5.74) is 3.07. The third kappa shape index (κ3) is 5.29. The number of carbonyl (C=O) groups is 2. The molecule has 5 aliphatic rings. The van der Waals surface area contributed by atoms with Gasteiger partial charge in [0.1, 0.15) is 5.60 Å². The molecule has 5 aliphatic carbocycles. The quantitative estimate of drug-likeness (QED) is 0.244. The summed E-state index contributed by atoms with van der Waals surface area (Å²) in [5.74, 6) is 1.63. The van der Waals surface area contributed by atoms with Gasteiger partial charge in [-0.1, -0.05) is 43.3 Å². The summed E-state index contributed by atoms with van der Waals surface area (Å²) < 4.78 is 15.7. The van der Waals surface area contributed by atoms with Gasteiger partial charge in [-0.2, -0.15) is 0 Å². The van der Waals surface area contributed by atoms with Crippen molar-refractivity contribution in [3.05, 3.63) is 65.8 Å². The molecular weight excluding hydrogens is 456 g/mol. The Morgan fingerprint density at radius 3 is 2.42 bits per heavy atom. The lowest BCUT2D eigenvalue weighted by Gasteiger charge is -2.57. The van der Waals surface area contributed by atoms with Gasteiger partial charge in [-0.05, 0) is 97.0 Å². The average Bonchev–Trinajstić information content (AvgIpc) is 2.86. The van der Waals surface area contributed by atoms with Crippen molar-refractivity contribution in [2.24, 2.45) is 17.8 Å². The molecule has 1 atom stereocenters. The van der Waals surface area contributed by atoms with Crippen LogP contribution in [0, 0.1) is 17.8 Å². The Kier molecular flexibility index (Phi) is 7.07. The first-order valence-electron chi connectivity index (χ1n) is 13.2. The van der Waals surface area contributed by atoms with Crippen LogP contribution in [0.5, 0.6) is 0 Å². The molecule has 0 heterocycles. The standard InChI is InChI=1S/C30H36O6/c1-2-12-34-28(33)35-20-36-30(11-8-27(31)32)9-6-24(7-10-30)25-4-3-5-26(16-25)29-17-21-13-22(18-29)15-23(14-21)19-29/h3-9,11,16,21-23H,2,10,12-15,17-20H2,1H3,(H,31,32)/b11-8+. The molecule has 1 aromatic rings. The highest BCUT2D eigenvalue weighted by molar-refractivity contribution is 5.80. The molecule has 6 nitrogen and oxygen atoms in total. The van der Waals surface area contributed by atoms with Crippen molar-refractivity contribution < 1.29 is 28.9 Å². The van der Waals surface area contributed by atoms with Crippen molar-refractivity contribution in [2.45, 2.75) is 69.3 Å². The van der Waals surface area contributed by atoms with Crippen molar-refractivity contribution in [3.8, 4) is 0 Å². The Morgan fingerprint density at radius 2 is 1.81 bits per heavy atom. The largest absolute Gasteiger partial charge is 0.510 e. The molecule has 4 saturated carbocycles. The van der Waals surface area contributed by atoms with E-state index in [9.17, 15) is 9.59 Å². The van der Waals surface area contributed by atoms with Gasteiger partial charge in [0.05, 0.1) is 6.61 Å². The molecule has 192 valence electrons. The van der Waals surface area contributed by atoms with Gasteiger partial charge in [0.25, 0.3) is 0 Å². The predicted octanol–water partition coefficient (Wildman–Crippen LogP) is 6.41. The molecule has 1 N–H and O–H groups in total. The Hall–Kier alpha value is -2.86. The summed E-state index contributed by atoms with van der Waals surface area (Å²) in [4.78, 5) is 22.8. The molecule has 1 aromatic carbocycles. The van der Waals surface area contributed by atoms with Gasteiger partial charge in [0.2, 0.25) is 0 Å². The van der Waals surface area contributed by atoms with Crippen LogP contribution in [0.4, 0.5) is 4.79 Å². The summed E-state index contributed by atoms with van der Waals surface area (Å²) >= 11 is 0. The van der Waals surface area contributed by atoms with Gasteiger partial charge >= 0.3 is 12.1 Å². The van der Waals surface area contributed by atoms with Gasteiger partial charge in [-0.3, -0.25) is 0 Å². The molecule has 36 heavy (non-hydrogen) atoms. The molecule has 1 unspecified atom stereocenters. The Balaban J connectivity index is 1.30. The highest BCUT2D eigenvalue weighted by atomic mass is 16.8. The molecule has 6 rings (SSSR count). The van der Waals surface area contributed by atoms with E-state index in [0.29, 0.717) is 18.3 Å². The lowest BCUT2D eigenvalue weighted by atomic mass is 9.48. The second-order valence-corrected chi connectivity index (χ2v) is 11.1. The second kappa shape index (κ2) is 10.3. The van der Waals surface area contributed by atoms with Gasteiger partial charge < -0.3 is 19.3 Å². The first-order chi connectivity index (χ1) is 17.4. The van der Waals surface area contributed by atoms with E-state index in [-0.39, 0.29) is 13.4 Å². The molecule has 0 radical (unpaired) electrons. The minimum absolute atomic E-state index is 0.275. The first kappa shape index (κ1) is 24.8. The summed E-state index contributed by atoms with van der Waals surface area (Å²) in [7, 11) is 0. The maximum atomic E-state index is 11.6. The third-order valence-electron chi connectivity index (χ3n) is 8.47. The second-order valence-electron chi connectivity index (χ2n) is 11.1. The van der Waals surface area contributed by atoms with Gasteiger partial charge in [0.15, 0.2) is 6.79 Å². The molecule has 4 bridgehead atoms. The molecule has 0 amide bonds. The molecule has 0 aromatic heterocycles. The predicted molar refractivity (Wildman–Crippen MR) is 136 cm³/mol. The number of aliphatic carboxylic acids is 1. The highest BCUT2D eigenvalue weighted by Crippen LogP contribution is 2.60. The number of allylic oxidation sites excluding steroid dienone is 2. The van der Waals surface area contributed by atoms with Crippen molar-refractivity contribution >= 4 is 17.7 Å². The van der Waals surface area contributed by atoms with Crippen molar-refractivity contribution in [1.29, 1.82) is 0 Å². The fourth-order valence-corrected chi connectivity index (χ4v) is 7.25. The van der Waals surface area contributed by atoms with Crippen LogP contribution in [-0.4, -0.2) is 36.2 Å². The number of carboxylic acids is 1. The van der Waals surface area contributed by atoms with Crippen LogP contribution >= 0.6 is 0 Å². The van der Waals surface area contributed by atoms with Crippen LogP contribution in [0.2, 0.25) is 0 Å². The van der Waals surface area contributed by atoms with E-state index < -0.39 is 17.7 Å². The van der Waals surface area contributed by atoms with Crippen LogP contribution in [0.1, 0.15) is 69.4 Å². The lowest BCUT2D eigenvalue weighted by Crippen LogP contribution is -2.48. The summed E-state index contributed by atoms with van der Waals surface area (Å²) in [6.07, 6.45) is 17.0. The van der Waals surface area contributed by atoms with Crippen LogP contribution in [0.15, 0.2) is 54.6 Å². The van der Waals surface area contributed by atoms with Crippen LogP contribution in [0.3, 0.4) is 0 Å². The smallest absolute Gasteiger partial charge is 0.478 e. The number of benzene rings is 1. The fraction of sp³-hybridized carbons (Fsp3) is 0.533. The topological polar surface area (TPSA) is 82.1 Å². The summed E-state index contributed by atoms with van der Waals surface area (Å²) in [6, 6.07) is 9.02. The van der Waals surface area contributed by atoms with E-state index in [2.05, 4.69) is 30.3 Å². The molecule has 0 saturated heterocycles. The first-order valence-corrected chi connectivity index (χ1v) is 13.2. The Labute approximate surface area is 213 Å². The number of carboxylic acid groups (broad SMARTS) is 1. The van der Waals surface area contributed by atoms with Crippen LogP contribution in [0.25, 0.3) is 5.57 Å². The van der Waals surface area contributed by atoms with Gasteiger partial charge in [0, 0.05) is 12.5 Å². The number of hydrogen-bond acceptors (Lipinski definition) is 5. The van der Waals surface area contributed by atoms with Crippen molar-refractivity contribution in [3.63, 3.8) is 0 Å². The number of rotatable bonds is 9. The van der Waals surface area contributed by atoms with Gasteiger partial charge in [-0.15, -0.1) is 0 Å². The lowest BCUT2D eigenvalue weighted by molar-refractivity contribution is -0.131. The Bertz CT molecular complexity index is 1050. The molecular formula is C30H36O6. The molecule has 0 spiro atoms. The Morgan fingerprint density at radius 1 is 1.08 bits per heavy atom. The van der Waals surface area contributed by atoms with E-state index in [1.165, 1.54) is 55.7 Å². The normalized spacial score (nSPS) is 32.5. The number of carbonyl (C=O) groups excluding carboxylic acids is 1. The minimum Gasteiger partial charge on any atom is -0.478 e. The summed E-state index contributed by atoms with van der Waals surface area (Å²) in [5, 5.41) is 9.16. The summed E-state index contributed by atoms with van der Waals surface area (Å²) in [6.45, 7) is 1.84. The third-order valence-corrected chi connectivity index (χ3v) is 8.47. The van der Waals surface area contributed by atoms with E-state index in [4.69, 9.17) is 19.3 Å². The SMILES string of the molecule is CCCOC(=O)OCOC1(/C=C/C(=O)O)C=CC(c2cccc(C34CC5CC(CC(C5)C3)C4)c2)=CC1. The number of ether oxygens (including phenoxy) is 3. The van der Waals surface area contributed by atoms with E-state index >= 15 is 0 Å². The van der Waals surface area contributed by atoms with E-state index in [0.717, 1.165) is 29.4 Å². The molecule has 0 aliphatic heterocycles. The van der Waals surface area contributed by atoms with E-state index in [1.807, 2.05) is 19.1 Å². The van der Waals surface area contributed by atoms with Crippen molar-refractivity contribution in [2.75, 3.05) is 13.4 Å². The highest BCUT2D eigenvalue weighted by Gasteiger charge is 2.51. The van der Waals surface area contributed by atoms with E-state index in [1.54, 1.807) is 0 Å². The zero-order chi connectivity index (χ0) is 25.2. The monoisotopic (exact) mass is 492 g/mol. The van der Waals surface area contributed by atoms with Crippen LogP contribution < -0.4 is 0 Å². The van der Waals surface area contributed by atoms with Gasteiger partial charge in [-0.25, -0.2) is 9.59 Å². The molecule has 4 fully saturated rings. The maximum Gasteiger partial charge on any atom is 0.510 e. The fourth-order valence-electron chi connectivity index (χ4n) is 7.25. The van der Waals surface area contributed by atoms with Crippen molar-refractivity contribution in [1.82, 2.24) is 0 Å². The number of hydrogen-bond donors (Lipinski definition) is 1. The molecule has 6 heteroatoms. The average molecular weight is 493 g/mol. The zero-order valence-corrected chi connectivity index (χ0v) is 21.0. The minimum atomic E-state index is -1.06. The zero-order valence-electron chi connectivity index (χ0n) is 21.0. The maximum absolute atomic E-state index is 11.6.